The molecule has 0 saturated carbocycles. The summed E-state index contributed by atoms with van der Waals surface area (Å²) in [5, 5.41) is 13.3. The Morgan fingerprint density at radius 2 is 1.81 bits per heavy atom. The zero-order chi connectivity index (χ0) is 18.9. The zero-order valence-corrected chi connectivity index (χ0v) is 18.6. The number of hydrogen-bond donors (Lipinski definition) is 2. The minimum Gasteiger partial charge on any atom is -0.508 e. The molecule has 0 fully saturated rings. The Morgan fingerprint density at radius 1 is 1.15 bits per heavy atom. The van der Waals surface area contributed by atoms with Crippen molar-refractivity contribution in [3.05, 3.63) is 53.6 Å². The van der Waals surface area contributed by atoms with Crippen molar-refractivity contribution < 1.29 is 14.6 Å². The van der Waals surface area contributed by atoms with Crippen LogP contribution < -0.4 is 14.8 Å². The molecule has 0 radical (unpaired) electrons. The van der Waals surface area contributed by atoms with Crippen LogP contribution in [0.3, 0.4) is 0 Å². The number of aromatic hydroxyl groups is 1. The van der Waals surface area contributed by atoms with E-state index in [9.17, 15) is 5.11 Å². The Bertz CT molecular complexity index is 736. The van der Waals surface area contributed by atoms with Gasteiger partial charge in [-0.25, -0.2) is 0 Å². The van der Waals surface area contributed by atoms with Crippen LogP contribution in [0.4, 0.5) is 0 Å². The summed E-state index contributed by atoms with van der Waals surface area (Å²) in [6.45, 7) is 3.78. The lowest BCUT2D eigenvalue weighted by Gasteiger charge is -2.22. The Kier molecular flexibility index (Phi) is 9.77. The molecule has 0 aromatic heterocycles. The molecule has 0 spiro atoms. The lowest BCUT2D eigenvalue weighted by atomic mass is 10.2. The predicted octanol–water partition coefficient (Wildman–Crippen LogP) is 3.62. The number of phenols is 1. The minimum atomic E-state index is 0. The molecule has 0 atom stereocenters. The highest BCUT2D eigenvalue weighted by atomic mass is 127. The van der Waals surface area contributed by atoms with Crippen LogP contribution in [-0.2, 0) is 13.1 Å². The number of ether oxygens (including phenoxy) is 2. The third kappa shape index (κ3) is 6.82. The van der Waals surface area contributed by atoms with E-state index in [0.717, 1.165) is 22.8 Å². The highest BCUT2D eigenvalue weighted by Gasteiger charge is 2.09. The number of guanidine groups is 1. The maximum absolute atomic E-state index is 10.00. The molecule has 7 heteroatoms. The number of nitrogens with one attached hydrogen (secondary N) is 1. The summed E-state index contributed by atoms with van der Waals surface area (Å²) in [7, 11) is 5.31. The molecule has 0 saturated heterocycles. The van der Waals surface area contributed by atoms with Crippen LogP contribution in [0.1, 0.15) is 18.1 Å². The molecule has 0 heterocycles. The molecule has 6 nitrogen and oxygen atoms in total. The lowest BCUT2D eigenvalue weighted by molar-refractivity contribution is 0.340. The van der Waals surface area contributed by atoms with Gasteiger partial charge in [0.25, 0.3) is 0 Å². The fourth-order valence-electron chi connectivity index (χ4n) is 2.60. The topological polar surface area (TPSA) is 66.3 Å². The van der Waals surface area contributed by atoms with Crippen LogP contribution in [0.5, 0.6) is 17.2 Å². The third-order valence-electron chi connectivity index (χ3n) is 3.95. The SMILES string of the molecule is CCOc1ccc(CN(C)C(=NC)NCc2cc(OC)ccc2O)cc1.I. The molecule has 0 unspecified atom stereocenters. The summed E-state index contributed by atoms with van der Waals surface area (Å²) in [4.78, 5) is 6.33. The Morgan fingerprint density at radius 3 is 2.41 bits per heavy atom. The molecular formula is C20H28IN3O3. The van der Waals surface area contributed by atoms with Crippen LogP contribution in [0.25, 0.3) is 0 Å². The van der Waals surface area contributed by atoms with E-state index in [2.05, 4.69) is 10.3 Å². The summed E-state index contributed by atoms with van der Waals surface area (Å²) in [6, 6.07) is 13.2. The molecule has 0 amide bonds. The van der Waals surface area contributed by atoms with Crippen LogP contribution in [0.15, 0.2) is 47.5 Å². The Hall–Kier alpha value is -2.16. The molecular weight excluding hydrogens is 457 g/mol. The van der Waals surface area contributed by atoms with Gasteiger partial charge in [-0.3, -0.25) is 4.99 Å². The molecule has 0 aliphatic carbocycles. The summed E-state index contributed by atoms with van der Waals surface area (Å²) in [5.74, 6) is 2.54. The van der Waals surface area contributed by atoms with Gasteiger partial charge in [0.2, 0.25) is 0 Å². The number of benzene rings is 2. The maximum Gasteiger partial charge on any atom is 0.193 e. The van der Waals surface area contributed by atoms with E-state index in [1.165, 1.54) is 0 Å². The smallest absolute Gasteiger partial charge is 0.193 e. The van der Waals surface area contributed by atoms with Crippen molar-refractivity contribution in [3.63, 3.8) is 0 Å². The Balaban J connectivity index is 0.00000364. The summed E-state index contributed by atoms with van der Waals surface area (Å²) in [5.41, 5.74) is 1.91. The molecule has 2 N–H and O–H groups in total. The van der Waals surface area contributed by atoms with Gasteiger partial charge < -0.3 is 24.8 Å². The lowest BCUT2D eigenvalue weighted by Crippen LogP contribution is -2.38. The largest absolute Gasteiger partial charge is 0.508 e. The van der Waals surface area contributed by atoms with E-state index in [4.69, 9.17) is 9.47 Å². The molecule has 148 valence electrons. The van der Waals surface area contributed by atoms with E-state index in [-0.39, 0.29) is 29.7 Å². The minimum absolute atomic E-state index is 0. The first-order valence-corrected chi connectivity index (χ1v) is 8.56. The third-order valence-corrected chi connectivity index (χ3v) is 3.95. The monoisotopic (exact) mass is 485 g/mol. The van der Waals surface area contributed by atoms with Crippen molar-refractivity contribution in [3.8, 4) is 17.2 Å². The van der Waals surface area contributed by atoms with Gasteiger partial charge in [-0.15, -0.1) is 24.0 Å². The van der Waals surface area contributed by atoms with Gasteiger partial charge in [-0.1, -0.05) is 12.1 Å². The average Bonchev–Trinajstić information content (AvgIpc) is 2.65. The van der Waals surface area contributed by atoms with E-state index in [1.807, 2.05) is 49.2 Å². The van der Waals surface area contributed by atoms with Crippen molar-refractivity contribution in [2.75, 3.05) is 27.8 Å². The first kappa shape index (κ1) is 22.9. The van der Waals surface area contributed by atoms with Crippen molar-refractivity contribution in [2.45, 2.75) is 20.0 Å². The molecule has 0 bridgehead atoms. The van der Waals surface area contributed by atoms with Gasteiger partial charge in [0, 0.05) is 32.7 Å². The highest BCUT2D eigenvalue weighted by Crippen LogP contribution is 2.22. The van der Waals surface area contributed by atoms with Gasteiger partial charge in [-0.05, 0) is 42.8 Å². The van der Waals surface area contributed by atoms with Crippen molar-refractivity contribution in [1.29, 1.82) is 0 Å². The predicted molar refractivity (Wildman–Crippen MR) is 119 cm³/mol. The van der Waals surface area contributed by atoms with E-state index < -0.39 is 0 Å². The summed E-state index contributed by atoms with van der Waals surface area (Å²) >= 11 is 0. The van der Waals surface area contributed by atoms with Crippen LogP contribution in [0.2, 0.25) is 0 Å². The fraction of sp³-hybridized carbons (Fsp3) is 0.350. The summed E-state index contributed by atoms with van der Waals surface area (Å²) in [6.07, 6.45) is 0. The zero-order valence-electron chi connectivity index (χ0n) is 16.2. The second kappa shape index (κ2) is 11.5. The van der Waals surface area contributed by atoms with Crippen LogP contribution in [0, 0.1) is 0 Å². The second-order valence-electron chi connectivity index (χ2n) is 5.83. The normalized spacial score (nSPS) is 10.7. The van der Waals surface area contributed by atoms with E-state index >= 15 is 0 Å². The fourth-order valence-corrected chi connectivity index (χ4v) is 2.60. The maximum atomic E-state index is 10.00. The highest BCUT2D eigenvalue weighted by molar-refractivity contribution is 14.0. The van der Waals surface area contributed by atoms with Gasteiger partial charge >= 0.3 is 0 Å². The average molecular weight is 485 g/mol. The molecule has 2 aromatic rings. The van der Waals surface area contributed by atoms with Crippen LogP contribution in [-0.4, -0.2) is 43.8 Å². The molecule has 0 aliphatic heterocycles. The standard InChI is InChI=1S/C20H27N3O3.HI/c1-5-26-17-8-6-15(7-9-17)14-23(3)20(21-2)22-13-16-12-18(25-4)10-11-19(16)24;/h6-12,24H,5,13-14H2,1-4H3,(H,21,22);1H. The number of methoxy groups -OCH3 is 1. The first-order chi connectivity index (χ1) is 12.6. The number of aliphatic imine (C=N–C) groups is 1. The molecule has 27 heavy (non-hydrogen) atoms. The van der Waals surface area contributed by atoms with Gasteiger partial charge in [-0.2, -0.15) is 0 Å². The quantitative estimate of drug-likeness (QED) is 0.356. The Labute approximate surface area is 178 Å². The molecule has 0 aliphatic rings. The van der Waals surface area contributed by atoms with Gasteiger partial charge in [0.05, 0.1) is 13.7 Å². The molecule has 2 aromatic carbocycles. The number of nitrogens with zero attached hydrogens (tertiary/aromatic N) is 2. The number of hydrogen-bond acceptors (Lipinski definition) is 4. The first-order valence-electron chi connectivity index (χ1n) is 8.56. The van der Waals surface area contributed by atoms with E-state index in [1.54, 1.807) is 26.3 Å². The van der Waals surface area contributed by atoms with Crippen molar-refractivity contribution >= 4 is 29.9 Å². The van der Waals surface area contributed by atoms with Crippen molar-refractivity contribution in [2.24, 2.45) is 4.99 Å². The van der Waals surface area contributed by atoms with Crippen LogP contribution >= 0.6 is 24.0 Å². The number of halogens is 1. The summed E-state index contributed by atoms with van der Waals surface area (Å²) < 4.78 is 10.7. The number of phenolic OH excluding ortho intramolecular Hbond substituents is 1. The van der Waals surface area contributed by atoms with E-state index in [0.29, 0.717) is 25.4 Å². The van der Waals surface area contributed by atoms with Crippen molar-refractivity contribution in [1.82, 2.24) is 10.2 Å². The molecule has 2 rings (SSSR count). The second-order valence-corrected chi connectivity index (χ2v) is 5.83. The van der Waals surface area contributed by atoms with Gasteiger partial charge in [0.15, 0.2) is 5.96 Å². The number of rotatable bonds is 7. The van der Waals surface area contributed by atoms with Gasteiger partial charge in [0.1, 0.15) is 17.2 Å².